The van der Waals surface area contributed by atoms with Crippen molar-refractivity contribution >= 4 is 37.5 Å². The Labute approximate surface area is 101 Å². The van der Waals surface area contributed by atoms with Crippen molar-refractivity contribution in [2.24, 2.45) is 5.73 Å². The van der Waals surface area contributed by atoms with Gasteiger partial charge >= 0.3 is 0 Å². The van der Waals surface area contributed by atoms with Crippen LogP contribution in [0, 0.1) is 0 Å². The van der Waals surface area contributed by atoms with Gasteiger partial charge in [-0.3, -0.25) is 0 Å². The Morgan fingerprint density at radius 2 is 1.93 bits per heavy atom. The van der Waals surface area contributed by atoms with Crippen LogP contribution in [0.25, 0.3) is 0 Å². The van der Waals surface area contributed by atoms with Crippen LogP contribution in [0.2, 0.25) is 0 Å². The number of hydrogen-bond donors (Lipinski definition) is 1. The van der Waals surface area contributed by atoms with Crippen LogP contribution >= 0.6 is 31.9 Å². The van der Waals surface area contributed by atoms with E-state index in [0.717, 1.165) is 28.5 Å². The molecule has 1 fully saturated rings. The summed E-state index contributed by atoms with van der Waals surface area (Å²) in [5.74, 6) is 0. The first-order chi connectivity index (χ1) is 6.68. The fourth-order valence-electron chi connectivity index (χ4n) is 1.78. The van der Waals surface area contributed by atoms with E-state index in [2.05, 4.69) is 48.9 Å². The summed E-state index contributed by atoms with van der Waals surface area (Å²) in [5.41, 5.74) is 7.11. The second kappa shape index (κ2) is 4.21. The number of halogens is 2. The molecule has 2 nitrogen and oxygen atoms in total. The SMILES string of the molecule is NC1CCN(c2c(Br)cccc2Br)C1. The highest BCUT2D eigenvalue weighted by Gasteiger charge is 2.22. The van der Waals surface area contributed by atoms with Gasteiger partial charge in [0.2, 0.25) is 0 Å². The molecule has 2 rings (SSSR count). The van der Waals surface area contributed by atoms with Gasteiger partial charge in [-0.15, -0.1) is 0 Å². The molecule has 4 heteroatoms. The fourth-order valence-corrected chi connectivity index (χ4v) is 3.28. The van der Waals surface area contributed by atoms with Gasteiger partial charge in [0.1, 0.15) is 0 Å². The lowest BCUT2D eigenvalue weighted by Gasteiger charge is -2.21. The molecule has 1 unspecified atom stereocenters. The highest BCUT2D eigenvalue weighted by Crippen LogP contribution is 2.35. The first-order valence-electron chi connectivity index (χ1n) is 4.63. The van der Waals surface area contributed by atoms with Gasteiger partial charge in [0.25, 0.3) is 0 Å². The number of rotatable bonds is 1. The number of nitrogens with two attached hydrogens (primary N) is 1. The predicted octanol–water partition coefficient (Wildman–Crippen LogP) is 2.75. The van der Waals surface area contributed by atoms with Gasteiger partial charge in [-0.05, 0) is 50.4 Å². The Morgan fingerprint density at radius 1 is 1.29 bits per heavy atom. The van der Waals surface area contributed by atoms with Crippen LogP contribution in [0.5, 0.6) is 0 Å². The summed E-state index contributed by atoms with van der Waals surface area (Å²) < 4.78 is 2.25. The van der Waals surface area contributed by atoms with Crippen molar-refractivity contribution in [1.29, 1.82) is 0 Å². The van der Waals surface area contributed by atoms with Gasteiger partial charge in [0.05, 0.1) is 5.69 Å². The Bertz CT molecular complexity index is 321. The lowest BCUT2D eigenvalue weighted by Crippen LogP contribution is -2.26. The minimum absolute atomic E-state index is 0.314. The molecule has 1 heterocycles. The molecular weight excluding hydrogens is 308 g/mol. The molecule has 1 atom stereocenters. The Kier molecular flexibility index (Phi) is 3.14. The summed E-state index contributed by atoms with van der Waals surface area (Å²) in [4.78, 5) is 2.32. The van der Waals surface area contributed by atoms with Gasteiger partial charge in [-0.25, -0.2) is 0 Å². The fraction of sp³-hybridized carbons (Fsp3) is 0.400. The summed E-state index contributed by atoms with van der Waals surface area (Å²) in [6, 6.07) is 6.45. The Balaban J connectivity index is 2.31. The van der Waals surface area contributed by atoms with Gasteiger partial charge in [0.15, 0.2) is 0 Å². The maximum absolute atomic E-state index is 5.89. The molecule has 1 saturated heterocycles. The standard InChI is InChI=1S/C10H12Br2N2/c11-8-2-1-3-9(12)10(8)14-5-4-7(13)6-14/h1-3,7H,4-6,13H2. The van der Waals surface area contributed by atoms with Gasteiger partial charge in [0, 0.05) is 28.1 Å². The number of para-hydroxylation sites is 1. The third-order valence-corrected chi connectivity index (χ3v) is 3.76. The third-order valence-electron chi connectivity index (χ3n) is 2.48. The molecule has 14 heavy (non-hydrogen) atoms. The summed E-state index contributed by atoms with van der Waals surface area (Å²) in [7, 11) is 0. The average molecular weight is 320 g/mol. The molecule has 76 valence electrons. The van der Waals surface area contributed by atoms with Gasteiger partial charge < -0.3 is 10.6 Å². The van der Waals surface area contributed by atoms with E-state index in [1.165, 1.54) is 5.69 Å². The first kappa shape index (κ1) is 10.5. The smallest absolute Gasteiger partial charge is 0.0655 e. The van der Waals surface area contributed by atoms with Crippen LogP contribution < -0.4 is 10.6 Å². The molecule has 1 aliphatic rings. The van der Waals surface area contributed by atoms with Crippen LogP contribution in [0.4, 0.5) is 5.69 Å². The topological polar surface area (TPSA) is 29.3 Å². The number of nitrogens with zero attached hydrogens (tertiary/aromatic N) is 1. The van der Waals surface area contributed by atoms with Crippen LogP contribution in [0.1, 0.15) is 6.42 Å². The van der Waals surface area contributed by atoms with Crippen LogP contribution in [0.15, 0.2) is 27.1 Å². The monoisotopic (exact) mass is 318 g/mol. The van der Waals surface area contributed by atoms with Crippen molar-refractivity contribution in [3.05, 3.63) is 27.1 Å². The highest BCUT2D eigenvalue weighted by molar-refractivity contribution is 9.11. The molecule has 1 aromatic rings. The van der Waals surface area contributed by atoms with E-state index >= 15 is 0 Å². The Morgan fingerprint density at radius 3 is 2.43 bits per heavy atom. The summed E-state index contributed by atoms with van der Waals surface area (Å²) >= 11 is 7.13. The van der Waals surface area contributed by atoms with E-state index in [-0.39, 0.29) is 0 Å². The second-order valence-corrected chi connectivity index (χ2v) is 5.27. The number of hydrogen-bond acceptors (Lipinski definition) is 2. The summed E-state index contributed by atoms with van der Waals surface area (Å²) in [6.45, 7) is 1.99. The van der Waals surface area contributed by atoms with E-state index in [9.17, 15) is 0 Å². The third kappa shape index (κ3) is 1.97. The van der Waals surface area contributed by atoms with E-state index in [4.69, 9.17) is 5.73 Å². The largest absolute Gasteiger partial charge is 0.368 e. The maximum atomic E-state index is 5.89. The van der Waals surface area contributed by atoms with Crippen molar-refractivity contribution in [3.63, 3.8) is 0 Å². The lowest BCUT2D eigenvalue weighted by molar-refractivity contribution is 0.752. The average Bonchev–Trinajstić information content (AvgIpc) is 2.51. The molecule has 1 aromatic carbocycles. The van der Waals surface area contributed by atoms with E-state index in [1.807, 2.05) is 6.07 Å². The minimum Gasteiger partial charge on any atom is -0.368 e. The summed E-state index contributed by atoms with van der Waals surface area (Å²) in [6.07, 6.45) is 1.08. The van der Waals surface area contributed by atoms with Gasteiger partial charge in [-0.2, -0.15) is 0 Å². The first-order valence-corrected chi connectivity index (χ1v) is 6.21. The van der Waals surface area contributed by atoms with Gasteiger partial charge in [-0.1, -0.05) is 6.07 Å². The van der Waals surface area contributed by atoms with Crippen molar-refractivity contribution in [1.82, 2.24) is 0 Å². The van der Waals surface area contributed by atoms with Crippen molar-refractivity contribution in [3.8, 4) is 0 Å². The number of anilines is 1. The molecule has 0 amide bonds. The lowest BCUT2D eigenvalue weighted by atomic mass is 10.3. The van der Waals surface area contributed by atoms with E-state index < -0.39 is 0 Å². The highest BCUT2D eigenvalue weighted by atomic mass is 79.9. The molecule has 0 bridgehead atoms. The quantitative estimate of drug-likeness (QED) is 0.862. The molecule has 1 aliphatic heterocycles. The molecule has 0 aromatic heterocycles. The zero-order valence-electron chi connectivity index (χ0n) is 7.71. The maximum Gasteiger partial charge on any atom is 0.0655 e. The second-order valence-electron chi connectivity index (χ2n) is 3.57. The normalized spacial score (nSPS) is 21.6. The molecular formula is C10H12Br2N2. The molecule has 0 spiro atoms. The van der Waals surface area contributed by atoms with E-state index in [0.29, 0.717) is 6.04 Å². The van der Waals surface area contributed by atoms with Crippen LogP contribution in [-0.4, -0.2) is 19.1 Å². The number of benzene rings is 1. The zero-order chi connectivity index (χ0) is 10.1. The molecule has 0 aliphatic carbocycles. The molecule has 0 radical (unpaired) electrons. The predicted molar refractivity (Wildman–Crippen MR) is 66.6 cm³/mol. The summed E-state index contributed by atoms with van der Waals surface area (Å²) in [5, 5.41) is 0. The minimum atomic E-state index is 0.314. The van der Waals surface area contributed by atoms with E-state index in [1.54, 1.807) is 0 Å². The van der Waals surface area contributed by atoms with Crippen molar-refractivity contribution < 1.29 is 0 Å². The van der Waals surface area contributed by atoms with Crippen LogP contribution in [-0.2, 0) is 0 Å². The molecule has 2 N–H and O–H groups in total. The van der Waals surface area contributed by atoms with Crippen molar-refractivity contribution in [2.45, 2.75) is 12.5 Å². The van der Waals surface area contributed by atoms with Crippen LogP contribution in [0.3, 0.4) is 0 Å². The van der Waals surface area contributed by atoms with Crippen molar-refractivity contribution in [2.75, 3.05) is 18.0 Å². The Hall–Kier alpha value is -0.0600. The molecule has 0 saturated carbocycles. The zero-order valence-corrected chi connectivity index (χ0v) is 10.9.